The summed E-state index contributed by atoms with van der Waals surface area (Å²) in [6, 6.07) is 9.72. The van der Waals surface area contributed by atoms with Gasteiger partial charge < -0.3 is 14.3 Å². The Balaban J connectivity index is 2.06. The van der Waals surface area contributed by atoms with Crippen molar-refractivity contribution in [3.05, 3.63) is 57.8 Å². The summed E-state index contributed by atoms with van der Waals surface area (Å²) < 4.78 is 11.3. The Hall–Kier alpha value is -2.13. The molecular weight excluding hydrogens is 324 g/mol. The van der Waals surface area contributed by atoms with E-state index in [9.17, 15) is 5.11 Å². The first kappa shape index (κ1) is 16.7. The lowest BCUT2D eigenvalue weighted by Gasteiger charge is -2.04. The van der Waals surface area contributed by atoms with Crippen molar-refractivity contribution >= 4 is 22.6 Å². The lowest BCUT2D eigenvalue weighted by molar-refractivity contribution is 0.414. The number of aromatic hydroxyl groups is 1. The van der Waals surface area contributed by atoms with Crippen molar-refractivity contribution in [3.8, 4) is 11.5 Å². The van der Waals surface area contributed by atoms with E-state index in [2.05, 4.69) is 6.92 Å². The van der Waals surface area contributed by atoms with Gasteiger partial charge in [-0.1, -0.05) is 37.1 Å². The van der Waals surface area contributed by atoms with Gasteiger partial charge in [-0.05, 0) is 42.7 Å². The van der Waals surface area contributed by atoms with Gasteiger partial charge in [-0.25, -0.2) is 0 Å². The zero-order chi connectivity index (χ0) is 17.3. The predicted octanol–water partition coefficient (Wildman–Crippen LogP) is 5.65. The van der Waals surface area contributed by atoms with Crippen LogP contribution in [0.3, 0.4) is 0 Å². The molecule has 0 spiro atoms. The van der Waals surface area contributed by atoms with E-state index in [1.54, 1.807) is 7.11 Å². The molecule has 1 N–H and O–H groups in total. The molecule has 0 aliphatic heterocycles. The minimum atomic E-state index is 0.105. The standard InChI is InChI=1S/C20H21ClO3/c1-4-5-14-11-16(21)19(22)18-12(2)17(24-20(14)18)10-13-6-8-15(23-3)9-7-13/h6-9,11,22H,4-5,10H2,1-3H3. The molecule has 24 heavy (non-hydrogen) atoms. The van der Waals surface area contributed by atoms with Crippen LogP contribution in [0.15, 0.2) is 34.7 Å². The molecule has 0 unspecified atom stereocenters. The zero-order valence-corrected chi connectivity index (χ0v) is 14.9. The maximum absolute atomic E-state index is 10.4. The summed E-state index contributed by atoms with van der Waals surface area (Å²) in [5, 5.41) is 11.5. The van der Waals surface area contributed by atoms with Crippen molar-refractivity contribution in [2.45, 2.75) is 33.1 Å². The molecule has 1 aromatic heterocycles. The van der Waals surface area contributed by atoms with Gasteiger partial charge in [-0.2, -0.15) is 0 Å². The van der Waals surface area contributed by atoms with Gasteiger partial charge in [-0.3, -0.25) is 0 Å². The molecule has 0 amide bonds. The fourth-order valence-electron chi connectivity index (χ4n) is 3.03. The normalized spacial score (nSPS) is 11.2. The fraction of sp³-hybridized carbons (Fsp3) is 0.300. The summed E-state index contributed by atoms with van der Waals surface area (Å²) in [4.78, 5) is 0. The predicted molar refractivity (Wildman–Crippen MR) is 97.4 cm³/mol. The third-order valence-electron chi connectivity index (χ3n) is 4.34. The van der Waals surface area contributed by atoms with E-state index in [1.807, 2.05) is 37.3 Å². The highest BCUT2D eigenvalue weighted by Crippen LogP contribution is 2.40. The molecule has 3 aromatic rings. The molecule has 0 radical (unpaired) electrons. The van der Waals surface area contributed by atoms with E-state index < -0.39 is 0 Å². The second-order valence-corrected chi connectivity index (χ2v) is 6.40. The monoisotopic (exact) mass is 344 g/mol. The Bertz CT molecular complexity index is 863. The number of benzene rings is 2. The van der Waals surface area contributed by atoms with Crippen LogP contribution >= 0.6 is 11.6 Å². The van der Waals surface area contributed by atoms with Crippen LogP contribution in [-0.4, -0.2) is 12.2 Å². The van der Waals surface area contributed by atoms with E-state index in [-0.39, 0.29) is 5.75 Å². The van der Waals surface area contributed by atoms with Crippen molar-refractivity contribution in [3.63, 3.8) is 0 Å². The van der Waals surface area contributed by atoms with Crippen LogP contribution in [0.1, 0.15) is 35.8 Å². The molecule has 0 bridgehead atoms. The molecule has 0 fully saturated rings. The second kappa shape index (κ2) is 6.78. The van der Waals surface area contributed by atoms with E-state index in [4.69, 9.17) is 20.8 Å². The third-order valence-corrected chi connectivity index (χ3v) is 4.63. The molecule has 0 aliphatic carbocycles. The Morgan fingerprint density at radius 1 is 1.21 bits per heavy atom. The smallest absolute Gasteiger partial charge is 0.145 e. The Morgan fingerprint density at radius 2 is 1.92 bits per heavy atom. The number of halogens is 1. The number of phenolic OH excluding ortho intramolecular Hbond substituents is 1. The minimum Gasteiger partial charge on any atom is -0.506 e. The number of hydrogen-bond donors (Lipinski definition) is 1. The zero-order valence-electron chi connectivity index (χ0n) is 14.1. The topological polar surface area (TPSA) is 42.6 Å². The van der Waals surface area contributed by atoms with Gasteiger partial charge in [0.2, 0.25) is 0 Å². The molecule has 3 rings (SSSR count). The van der Waals surface area contributed by atoms with Crippen LogP contribution in [0.2, 0.25) is 5.02 Å². The number of hydrogen-bond acceptors (Lipinski definition) is 3. The maximum atomic E-state index is 10.4. The summed E-state index contributed by atoms with van der Waals surface area (Å²) in [6.45, 7) is 4.08. The summed E-state index contributed by atoms with van der Waals surface area (Å²) in [5.74, 6) is 1.79. The first-order valence-corrected chi connectivity index (χ1v) is 8.48. The molecule has 0 atom stereocenters. The highest BCUT2D eigenvalue weighted by atomic mass is 35.5. The highest BCUT2D eigenvalue weighted by Gasteiger charge is 2.19. The maximum Gasteiger partial charge on any atom is 0.145 e. The van der Waals surface area contributed by atoms with Crippen LogP contribution in [0.4, 0.5) is 0 Å². The summed E-state index contributed by atoms with van der Waals surface area (Å²) in [6.07, 6.45) is 2.52. The number of fused-ring (bicyclic) bond motifs is 1. The number of furan rings is 1. The van der Waals surface area contributed by atoms with Crippen molar-refractivity contribution in [2.75, 3.05) is 7.11 Å². The Labute approximate surface area is 146 Å². The SMILES string of the molecule is CCCc1cc(Cl)c(O)c2c(C)c(Cc3ccc(OC)cc3)oc12. The van der Waals surface area contributed by atoms with E-state index in [0.717, 1.165) is 52.0 Å². The summed E-state index contributed by atoms with van der Waals surface area (Å²) in [5.41, 5.74) is 3.86. The highest BCUT2D eigenvalue weighted by molar-refractivity contribution is 6.33. The lowest BCUT2D eigenvalue weighted by atomic mass is 10.0. The van der Waals surface area contributed by atoms with Gasteiger partial charge in [0.15, 0.2) is 0 Å². The van der Waals surface area contributed by atoms with Crippen molar-refractivity contribution < 1.29 is 14.3 Å². The van der Waals surface area contributed by atoms with Crippen LogP contribution in [0.25, 0.3) is 11.0 Å². The van der Waals surface area contributed by atoms with Gasteiger partial charge in [0.05, 0.1) is 17.5 Å². The molecule has 0 aliphatic rings. The second-order valence-electron chi connectivity index (χ2n) is 6.00. The van der Waals surface area contributed by atoms with Crippen LogP contribution < -0.4 is 4.74 Å². The third kappa shape index (κ3) is 2.96. The van der Waals surface area contributed by atoms with Gasteiger partial charge in [0, 0.05) is 12.0 Å². The number of methoxy groups -OCH3 is 1. The van der Waals surface area contributed by atoms with Crippen molar-refractivity contribution in [2.24, 2.45) is 0 Å². The number of ether oxygens (including phenoxy) is 1. The molecule has 0 saturated heterocycles. The molecule has 3 nitrogen and oxygen atoms in total. The molecule has 126 valence electrons. The molecular formula is C20H21ClO3. The van der Waals surface area contributed by atoms with Crippen LogP contribution in [-0.2, 0) is 12.8 Å². The van der Waals surface area contributed by atoms with Crippen LogP contribution in [0, 0.1) is 6.92 Å². The lowest BCUT2D eigenvalue weighted by Crippen LogP contribution is -1.89. The number of phenols is 1. The molecule has 2 aromatic carbocycles. The van der Waals surface area contributed by atoms with Gasteiger partial charge >= 0.3 is 0 Å². The Morgan fingerprint density at radius 3 is 2.54 bits per heavy atom. The van der Waals surface area contributed by atoms with Gasteiger partial charge in [0.1, 0.15) is 22.8 Å². The van der Waals surface area contributed by atoms with Crippen molar-refractivity contribution in [1.82, 2.24) is 0 Å². The fourth-order valence-corrected chi connectivity index (χ4v) is 3.26. The summed E-state index contributed by atoms with van der Waals surface area (Å²) >= 11 is 6.20. The van der Waals surface area contributed by atoms with Gasteiger partial charge in [0.25, 0.3) is 0 Å². The molecule has 1 heterocycles. The minimum absolute atomic E-state index is 0.105. The average Bonchev–Trinajstić information content (AvgIpc) is 2.90. The largest absolute Gasteiger partial charge is 0.506 e. The van der Waals surface area contributed by atoms with E-state index >= 15 is 0 Å². The van der Waals surface area contributed by atoms with Crippen LogP contribution in [0.5, 0.6) is 11.5 Å². The summed E-state index contributed by atoms with van der Waals surface area (Å²) in [7, 11) is 1.65. The van der Waals surface area contributed by atoms with Gasteiger partial charge in [-0.15, -0.1) is 0 Å². The van der Waals surface area contributed by atoms with E-state index in [0.29, 0.717) is 11.4 Å². The number of aryl methyl sites for hydroxylation is 2. The molecule has 4 heteroatoms. The Kier molecular flexibility index (Phi) is 4.72. The van der Waals surface area contributed by atoms with E-state index in [1.165, 1.54) is 0 Å². The average molecular weight is 345 g/mol. The first-order chi connectivity index (χ1) is 11.5. The number of rotatable bonds is 5. The first-order valence-electron chi connectivity index (χ1n) is 8.10. The van der Waals surface area contributed by atoms with Crippen molar-refractivity contribution in [1.29, 1.82) is 0 Å². The molecule has 0 saturated carbocycles. The quantitative estimate of drug-likeness (QED) is 0.650.